The molecular weight excluding hydrogens is 262 g/mol. The number of fused-ring (bicyclic) bond motifs is 1. The van der Waals surface area contributed by atoms with E-state index < -0.39 is 36.4 Å². The van der Waals surface area contributed by atoms with Crippen molar-refractivity contribution in [2.75, 3.05) is 13.1 Å². The highest BCUT2D eigenvalue weighted by molar-refractivity contribution is 5.71. The van der Waals surface area contributed by atoms with Gasteiger partial charge < -0.3 is 20.1 Å². The Morgan fingerprint density at radius 2 is 2.05 bits per heavy atom. The van der Waals surface area contributed by atoms with Crippen LogP contribution < -0.4 is 0 Å². The van der Waals surface area contributed by atoms with Gasteiger partial charge in [-0.3, -0.25) is 9.69 Å². The van der Waals surface area contributed by atoms with Gasteiger partial charge in [-0.2, -0.15) is 0 Å². The lowest BCUT2D eigenvalue weighted by Crippen LogP contribution is -2.62. The highest BCUT2D eigenvalue weighted by atomic mass is 16.6. The lowest BCUT2D eigenvalue weighted by Gasteiger charge is -2.42. The monoisotopic (exact) mass is 285 g/mol. The molecule has 0 radical (unpaired) electrons. The van der Waals surface area contributed by atoms with Gasteiger partial charge in [-0.05, 0) is 12.8 Å². The van der Waals surface area contributed by atoms with Crippen LogP contribution in [0.5, 0.6) is 0 Å². The molecule has 5 atom stereocenters. The largest absolute Gasteiger partial charge is 0.458 e. The molecular formula is C14H23NO5. The topological polar surface area (TPSA) is 90.2 Å². The molecule has 0 aromatic carbocycles. The van der Waals surface area contributed by atoms with Crippen LogP contribution in [0.3, 0.4) is 0 Å². The van der Waals surface area contributed by atoms with Crippen molar-refractivity contribution in [1.82, 2.24) is 4.90 Å². The standard InChI is InChI=1S/C14H23NO5/c1-2-3-4-5-11(17)20-10-8-15-7-6-9(16)12(15)14(19)13(10)18/h3-4,9-10,12-14,16,18-19H,2,5-8H2,1H3/t9-,10?,12?,13?,14?/m0/s1. The van der Waals surface area contributed by atoms with E-state index in [0.29, 0.717) is 19.5 Å². The fraction of sp³-hybridized carbons (Fsp3) is 0.786. The van der Waals surface area contributed by atoms with Crippen LogP contribution in [0, 0.1) is 0 Å². The molecule has 2 fully saturated rings. The molecule has 2 saturated heterocycles. The van der Waals surface area contributed by atoms with Crippen LogP contribution in [0.1, 0.15) is 26.2 Å². The predicted octanol–water partition coefficient (Wildman–Crippen LogP) is -0.575. The Balaban J connectivity index is 1.92. The number of nitrogens with zero attached hydrogens (tertiary/aromatic N) is 1. The highest BCUT2D eigenvalue weighted by Crippen LogP contribution is 2.29. The van der Waals surface area contributed by atoms with Gasteiger partial charge in [0.15, 0.2) is 0 Å². The van der Waals surface area contributed by atoms with E-state index in [1.165, 1.54) is 0 Å². The molecule has 2 aliphatic heterocycles. The second-order valence-corrected chi connectivity index (χ2v) is 5.43. The van der Waals surface area contributed by atoms with E-state index in [9.17, 15) is 20.1 Å². The number of aliphatic hydroxyl groups is 3. The van der Waals surface area contributed by atoms with Crippen molar-refractivity contribution in [2.45, 2.75) is 56.6 Å². The van der Waals surface area contributed by atoms with Crippen molar-refractivity contribution in [3.05, 3.63) is 12.2 Å². The summed E-state index contributed by atoms with van der Waals surface area (Å²) in [7, 11) is 0. The van der Waals surface area contributed by atoms with Crippen molar-refractivity contribution in [2.24, 2.45) is 0 Å². The maximum absolute atomic E-state index is 11.7. The molecule has 0 spiro atoms. The third-order valence-corrected chi connectivity index (χ3v) is 3.99. The van der Waals surface area contributed by atoms with Crippen LogP contribution in [0.4, 0.5) is 0 Å². The molecule has 0 aromatic rings. The van der Waals surface area contributed by atoms with Crippen molar-refractivity contribution >= 4 is 5.97 Å². The van der Waals surface area contributed by atoms with E-state index in [1.54, 1.807) is 6.08 Å². The minimum absolute atomic E-state index is 0.166. The molecule has 3 N–H and O–H groups in total. The first kappa shape index (κ1) is 15.4. The number of ether oxygens (including phenoxy) is 1. The van der Waals surface area contributed by atoms with Gasteiger partial charge in [0.05, 0.1) is 18.6 Å². The molecule has 2 rings (SSSR count). The Morgan fingerprint density at radius 1 is 1.30 bits per heavy atom. The first-order valence-electron chi connectivity index (χ1n) is 7.17. The lowest BCUT2D eigenvalue weighted by atomic mass is 9.93. The fourth-order valence-corrected chi connectivity index (χ4v) is 2.95. The Kier molecular flexibility index (Phi) is 5.15. The molecule has 0 saturated carbocycles. The summed E-state index contributed by atoms with van der Waals surface area (Å²) in [6, 6.07) is -0.458. The van der Waals surface area contributed by atoms with E-state index in [4.69, 9.17) is 4.74 Å². The van der Waals surface area contributed by atoms with E-state index >= 15 is 0 Å². The third kappa shape index (κ3) is 3.20. The van der Waals surface area contributed by atoms with Crippen LogP contribution in [0.2, 0.25) is 0 Å². The SMILES string of the molecule is CCC=CCC(=O)OC1CN2CC[C@H](O)C2C(O)C1O. The van der Waals surface area contributed by atoms with Crippen molar-refractivity contribution in [3.8, 4) is 0 Å². The third-order valence-electron chi connectivity index (χ3n) is 3.99. The van der Waals surface area contributed by atoms with Crippen LogP contribution in [0.15, 0.2) is 12.2 Å². The van der Waals surface area contributed by atoms with E-state index in [-0.39, 0.29) is 6.42 Å². The van der Waals surface area contributed by atoms with Crippen LogP contribution in [-0.2, 0) is 9.53 Å². The molecule has 0 bridgehead atoms. The molecule has 2 aliphatic rings. The Hall–Kier alpha value is -0.950. The minimum Gasteiger partial charge on any atom is -0.458 e. The average Bonchev–Trinajstić information content (AvgIpc) is 2.77. The molecule has 6 heteroatoms. The number of rotatable bonds is 4. The van der Waals surface area contributed by atoms with Crippen LogP contribution >= 0.6 is 0 Å². The summed E-state index contributed by atoms with van der Waals surface area (Å²) < 4.78 is 5.24. The number of hydrogen-bond acceptors (Lipinski definition) is 6. The molecule has 6 nitrogen and oxygen atoms in total. The summed E-state index contributed by atoms with van der Waals surface area (Å²) in [5.41, 5.74) is 0. The van der Waals surface area contributed by atoms with Crippen molar-refractivity contribution in [3.63, 3.8) is 0 Å². The summed E-state index contributed by atoms with van der Waals surface area (Å²) in [6.45, 7) is 2.96. The number of hydrogen-bond donors (Lipinski definition) is 3. The number of esters is 1. The molecule has 2 heterocycles. The van der Waals surface area contributed by atoms with Gasteiger partial charge in [0, 0.05) is 13.1 Å². The summed E-state index contributed by atoms with van der Waals surface area (Å²) in [6.07, 6.45) is 1.57. The number of carbonyl (C=O) groups is 1. The molecule has 4 unspecified atom stereocenters. The van der Waals surface area contributed by atoms with E-state index in [1.807, 2.05) is 17.9 Å². The molecule has 20 heavy (non-hydrogen) atoms. The zero-order chi connectivity index (χ0) is 14.7. The zero-order valence-corrected chi connectivity index (χ0v) is 11.7. The second kappa shape index (κ2) is 6.67. The van der Waals surface area contributed by atoms with E-state index in [0.717, 1.165) is 6.42 Å². The molecule has 114 valence electrons. The Morgan fingerprint density at radius 3 is 2.75 bits per heavy atom. The predicted molar refractivity (Wildman–Crippen MR) is 71.9 cm³/mol. The highest BCUT2D eigenvalue weighted by Gasteiger charge is 2.49. The van der Waals surface area contributed by atoms with Crippen molar-refractivity contribution < 1.29 is 24.9 Å². The molecule has 0 aromatic heterocycles. The summed E-state index contributed by atoms with van der Waals surface area (Å²) in [5.74, 6) is -0.413. The van der Waals surface area contributed by atoms with E-state index in [2.05, 4.69) is 0 Å². The normalized spacial score (nSPS) is 38.1. The van der Waals surface area contributed by atoms with Gasteiger partial charge >= 0.3 is 5.97 Å². The average molecular weight is 285 g/mol. The first-order valence-corrected chi connectivity index (χ1v) is 7.17. The smallest absolute Gasteiger partial charge is 0.310 e. The quantitative estimate of drug-likeness (QED) is 0.473. The van der Waals surface area contributed by atoms with Crippen LogP contribution in [0.25, 0.3) is 0 Å². The number of allylic oxidation sites excluding steroid dienone is 1. The minimum atomic E-state index is -1.15. The first-order chi connectivity index (χ1) is 9.54. The fourth-order valence-electron chi connectivity index (χ4n) is 2.95. The van der Waals surface area contributed by atoms with Gasteiger partial charge in [-0.15, -0.1) is 0 Å². The number of aliphatic hydroxyl groups excluding tert-OH is 3. The lowest BCUT2D eigenvalue weighted by molar-refractivity contribution is -0.178. The van der Waals surface area contributed by atoms with Crippen molar-refractivity contribution in [1.29, 1.82) is 0 Å². The molecule has 0 aliphatic carbocycles. The Labute approximate surface area is 118 Å². The summed E-state index contributed by atoms with van der Waals surface area (Å²) >= 11 is 0. The zero-order valence-electron chi connectivity index (χ0n) is 11.7. The van der Waals surface area contributed by atoms with Gasteiger partial charge in [0.2, 0.25) is 0 Å². The number of carbonyl (C=O) groups excluding carboxylic acids is 1. The Bertz CT molecular complexity index is 373. The van der Waals surface area contributed by atoms with Gasteiger partial charge in [-0.1, -0.05) is 19.1 Å². The summed E-state index contributed by atoms with van der Waals surface area (Å²) in [4.78, 5) is 13.5. The van der Waals surface area contributed by atoms with Crippen LogP contribution in [-0.4, -0.2) is 69.7 Å². The maximum Gasteiger partial charge on any atom is 0.310 e. The van der Waals surface area contributed by atoms with Gasteiger partial charge in [0.25, 0.3) is 0 Å². The maximum atomic E-state index is 11.7. The second-order valence-electron chi connectivity index (χ2n) is 5.43. The van der Waals surface area contributed by atoms with Gasteiger partial charge in [0.1, 0.15) is 18.3 Å². The number of piperidine rings is 1. The molecule has 0 amide bonds. The summed E-state index contributed by atoms with van der Waals surface area (Å²) in [5, 5.41) is 29.9. The van der Waals surface area contributed by atoms with Gasteiger partial charge in [-0.25, -0.2) is 0 Å².